The van der Waals surface area contributed by atoms with Crippen molar-refractivity contribution < 1.29 is 19.7 Å². The molecule has 0 bridgehead atoms. The van der Waals surface area contributed by atoms with Gasteiger partial charge in [-0.3, -0.25) is 0 Å². The molecule has 0 aromatic heterocycles. The van der Waals surface area contributed by atoms with Gasteiger partial charge in [0.1, 0.15) is 12.7 Å². The highest BCUT2D eigenvalue weighted by Crippen LogP contribution is 2.33. The van der Waals surface area contributed by atoms with Crippen LogP contribution in [-0.4, -0.2) is 36.6 Å². The summed E-state index contributed by atoms with van der Waals surface area (Å²) in [5.41, 5.74) is 6.47. The van der Waals surface area contributed by atoms with Crippen molar-refractivity contribution in [2.45, 2.75) is 12.6 Å². The van der Waals surface area contributed by atoms with Gasteiger partial charge in [-0.2, -0.15) is 0 Å². The Morgan fingerprint density at radius 2 is 2.06 bits per heavy atom. The Morgan fingerprint density at radius 1 is 1.39 bits per heavy atom. The first-order valence-electron chi connectivity index (χ1n) is 5.10. The number of nitrogens with two attached hydrogens (primary N) is 1. The number of hydrogen-bond donors (Lipinski definition) is 3. The van der Waals surface area contributed by atoms with Gasteiger partial charge in [0, 0.05) is 11.0 Å². The van der Waals surface area contributed by atoms with Crippen molar-refractivity contribution in [3.8, 4) is 11.5 Å². The molecule has 1 unspecified atom stereocenters. The first-order chi connectivity index (χ1) is 8.12. The Balaban J connectivity index is 0.00000289. The van der Waals surface area contributed by atoms with Crippen molar-refractivity contribution in [3.05, 3.63) is 22.2 Å². The van der Waals surface area contributed by atoms with Crippen molar-refractivity contribution in [1.82, 2.24) is 0 Å². The third kappa shape index (κ3) is 4.62. The van der Waals surface area contributed by atoms with Gasteiger partial charge < -0.3 is 25.4 Å². The molecule has 0 amide bonds. The molecule has 0 saturated heterocycles. The van der Waals surface area contributed by atoms with Gasteiger partial charge in [-0.1, -0.05) is 15.9 Å². The van der Waals surface area contributed by atoms with E-state index in [-0.39, 0.29) is 25.6 Å². The number of methoxy groups -OCH3 is 1. The summed E-state index contributed by atoms with van der Waals surface area (Å²) in [6, 6.07) is 3.50. The predicted molar refractivity (Wildman–Crippen MR) is 74.4 cm³/mol. The molecule has 0 aliphatic heterocycles. The van der Waals surface area contributed by atoms with Gasteiger partial charge in [-0.25, -0.2) is 0 Å². The van der Waals surface area contributed by atoms with Crippen molar-refractivity contribution in [3.63, 3.8) is 0 Å². The largest absolute Gasteiger partial charge is 0.493 e. The quantitative estimate of drug-likeness (QED) is 0.720. The number of benzene rings is 1. The lowest BCUT2D eigenvalue weighted by atomic mass is 10.2. The number of ether oxygens (including phenoxy) is 2. The van der Waals surface area contributed by atoms with Crippen LogP contribution in [0.2, 0.25) is 0 Å². The van der Waals surface area contributed by atoms with E-state index in [1.807, 2.05) is 0 Å². The minimum atomic E-state index is -0.910. The molecule has 7 heteroatoms. The van der Waals surface area contributed by atoms with Crippen LogP contribution in [0.1, 0.15) is 5.56 Å². The second-order valence-electron chi connectivity index (χ2n) is 3.45. The monoisotopic (exact) mass is 341 g/mol. The lowest BCUT2D eigenvalue weighted by molar-refractivity contribution is 0.0527. The minimum absolute atomic E-state index is 0. The van der Waals surface area contributed by atoms with E-state index >= 15 is 0 Å². The van der Waals surface area contributed by atoms with Gasteiger partial charge in [-0.05, 0) is 17.7 Å². The summed E-state index contributed by atoms with van der Waals surface area (Å²) in [4.78, 5) is 0. The van der Waals surface area contributed by atoms with Crippen LogP contribution in [0.25, 0.3) is 0 Å². The molecule has 0 saturated carbocycles. The topological polar surface area (TPSA) is 84.9 Å². The van der Waals surface area contributed by atoms with Gasteiger partial charge in [0.15, 0.2) is 11.5 Å². The Hall–Kier alpha value is -0.530. The van der Waals surface area contributed by atoms with Crippen LogP contribution in [0.15, 0.2) is 16.6 Å². The highest BCUT2D eigenvalue weighted by atomic mass is 79.9. The molecule has 0 spiro atoms. The van der Waals surface area contributed by atoms with Gasteiger partial charge in [0.05, 0.1) is 13.7 Å². The molecule has 1 rings (SSSR count). The highest BCUT2D eigenvalue weighted by molar-refractivity contribution is 9.10. The fraction of sp³-hybridized carbons (Fsp3) is 0.455. The van der Waals surface area contributed by atoms with E-state index in [0.29, 0.717) is 18.0 Å². The summed E-state index contributed by atoms with van der Waals surface area (Å²) in [6.07, 6.45) is -0.910. The van der Waals surface area contributed by atoms with Crippen LogP contribution < -0.4 is 15.2 Å². The van der Waals surface area contributed by atoms with E-state index in [1.165, 1.54) is 7.11 Å². The fourth-order valence-electron chi connectivity index (χ4n) is 1.24. The second-order valence-corrected chi connectivity index (χ2v) is 4.30. The molecule has 4 N–H and O–H groups in total. The molecule has 5 nitrogen and oxygen atoms in total. The molecule has 104 valence electrons. The molecule has 18 heavy (non-hydrogen) atoms. The van der Waals surface area contributed by atoms with E-state index < -0.39 is 6.10 Å². The van der Waals surface area contributed by atoms with E-state index in [2.05, 4.69) is 15.9 Å². The zero-order valence-electron chi connectivity index (χ0n) is 9.93. The van der Waals surface area contributed by atoms with Crippen LogP contribution in [0, 0.1) is 0 Å². The van der Waals surface area contributed by atoms with Crippen LogP contribution in [0.3, 0.4) is 0 Å². The van der Waals surface area contributed by atoms with Crippen LogP contribution in [0.5, 0.6) is 11.5 Å². The van der Waals surface area contributed by atoms with Crippen molar-refractivity contribution >= 4 is 28.3 Å². The lowest BCUT2D eigenvalue weighted by Gasteiger charge is -2.14. The SMILES string of the molecule is COc1cc(CN)c(Br)cc1OCC(O)CO.Cl. The van der Waals surface area contributed by atoms with Gasteiger partial charge in [-0.15, -0.1) is 12.4 Å². The normalized spacial score (nSPS) is 11.6. The highest BCUT2D eigenvalue weighted by Gasteiger charge is 2.11. The fourth-order valence-corrected chi connectivity index (χ4v) is 1.73. The summed E-state index contributed by atoms with van der Waals surface area (Å²) in [5, 5.41) is 17.9. The Morgan fingerprint density at radius 3 is 2.56 bits per heavy atom. The molecule has 0 heterocycles. The minimum Gasteiger partial charge on any atom is -0.493 e. The molecule has 0 aliphatic rings. The van der Waals surface area contributed by atoms with E-state index in [4.69, 9.17) is 20.3 Å². The Bertz CT molecular complexity index is 378. The van der Waals surface area contributed by atoms with E-state index in [9.17, 15) is 5.11 Å². The zero-order chi connectivity index (χ0) is 12.8. The molecule has 0 fully saturated rings. The Kier molecular flexibility index (Phi) is 8.30. The van der Waals surface area contributed by atoms with Crippen LogP contribution in [0.4, 0.5) is 0 Å². The maximum atomic E-state index is 9.21. The average Bonchev–Trinajstić information content (AvgIpc) is 2.35. The molecule has 0 aliphatic carbocycles. The molecule has 0 radical (unpaired) electrons. The maximum absolute atomic E-state index is 9.21. The van der Waals surface area contributed by atoms with E-state index in [0.717, 1.165) is 10.0 Å². The maximum Gasteiger partial charge on any atom is 0.162 e. The van der Waals surface area contributed by atoms with Gasteiger partial charge >= 0.3 is 0 Å². The van der Waals surface area contributed by atoms with E-state index in [1.54, 1.807) is 12.1 Å². The van der Waals surface area contributed by atoms with Gasteiger partial charge in [0.2, 0.25) is 0 Å². The molecule has 1 atom stereocenters. The first-order valence-corrected chi connectivity index (χ1v) is 5.89. The van der Waals surface area contributed by atoms with Crippen LogP contribution in [-0.2, 0) is 6.54 Å². The summed E-state index contributed by atoms with van der Waals surface area (Å²) in [5.74, 6) is 1.03. The first kappa shape index (κ1) is 17.5. The average molecular weight is 343 g/mol. The molecular weight excluding hydrogens is 325 g/mol. The van der Waals surface area contributed by atoms with Crippen LogP contribution >= 0.6 is 28.3 Å². The van der Waals surface area contributed by atoms with Gasteiger partial charge in [0.25, 0.3) is 0 Å². The van der Waals surface area contributed by atoms with Crippen molar-refractivity contribution in [2.24, 2.45) is 5.73 Å². The molecular formula is C11H17BrClNO4. The number of halogens is 2. The number of aliphatic hydroxyl groups is 2. The zero-order valence-corrected chi connectivity index (χ0v) is 12.3. The smallest absolute Gasteiger partial charge is 0.162 e. The molecule has 1 aromatic carbocycles. The summed E-state index contributed by atoms with van der Waals surface area (Å²) in [7, 11) is 1.53. The number of rotatable bonds is 6. The standard InChI is InChI=1S/C11H16BrNO4.ClH/c1-16-10-2-7(4-13)9(12)3-11(10)17-6-8(15)5-14;/h2-3,8,14-15H,4-6,13H2,1H3;1H. The number of aliphatic hydroxyl groups excluding tert-OH is 2. The predicted octanol–water partition coefficient (Wildman–Crippen LogP) is 1.07. The number of hydrogen-bond acceptors (Lipinski definition) is 5. The lowest BCUT2D eigenvalue weighted by Crippen LogP contribution is -2.21. The van der Waals surface area contributed by atoms with Crippen molar-refractivity contribution in [1.29, 1.82) is 0 Å². The second kappa shape index (κ2) is 8.55. The Labute approximate surface area is 120 Å². The third-order valence-electron chi connectivity index (χ3n) is 2.19. The third-order valence-corrected chi connectivity index (χ3v) is 2.93. The van der Waals surface area contributed by atoms with Crippen molar-refractivity contribution in [2.75, 3.05) is 20.3 Å². The molecule has 1 aromatic rings. The summed E-state index contributed by atoms with van der Waals surface area (Å²) in [6.45, 7) is 0.0438. The summed E-state index contributed by atoms with van der Waals surface area (Å²) < 4.78 is 11.3. The summed E-state index contributed by atoms with van der Waals surface area (Å²) >= 11 is 3.37.